The molecule has 7 heteroatoms. The largest absolute Gasteiger partial charge is 0.415 e. The molecule has 0 spiro atoms. The summed E-state index contributed by atoms with van der Waals surface area (Å²) in [5.74, 6) is -0.0107. The van der Waals surface area contributed by atoms with Crippen LogP contribution < -0.4 is 10.1 Å². The molecule has 154 valence electrons. The Bertz CT molecular complexity index is 888. The quantitative estimate of drug-likeness (QED) is 0.741. The second kappa shape index (κ2) is 9.27. The van der Waals surface area contributed by atoms with Crippen LogP contribution in [0.2, 0.25) is 5.02 Å². The number of nitrogens with zero attached hydrogens (tertiary/aromatic N) is 1. The predicted octanol–water partition coefficient (Wildman–Crippen LogP) is 5.02. The standard InChI is InChI=1S/C22H24ClFN2O3/c1-3-21(27)25-16-7-8-17(13-16)26(2)22(28)29-18-9-4-14(5-10-18)15-6-11-20(24)19(23)12-15/h4-6,9-12,16-17H,3,7-8,13H2,1-2H3,(H,25,27)/t16-,17+/m0/s1. The lowest BCUT2D eigenvalue weighted by Crippen LogP contribution is -2.39. The van der Waals surface area contributed by atoms with Crippen molar-refractivity contribution >= 4 is 23.6 Å². The smallest absolute Gasteiger partial charge is 0.410 e. The number of halogens is 2. The van der Waals surface area contributed by atoms with Crippen LogP contribution in [-0.2, 0) is 4.79 Å². The van der Waals surface area contributed by atoms with Crippen LogP contribution in [0.25, 0.3) is 11.1 Å². The Labute approximate surface area is 174 Å². The molecule has 0 radical (unpaired) electrons. The van der Waals surface area contributed by atoms with E-state index < -0.39 is 11.9 Å². The van der Waals surface area contributed by atoms with Gasteiger partial charge in [0.1, 0.15) is 11.6 Å². The van der Waals surface area contributed by atoms with Gasteiger partial charge in [-0.2, -0.15) is 0 Å². The van der Waals surface area contributed by atoms with Gasteiger partial charge in [-0.1, -0.05) is 36.7 Å². The molecular formula is C22H24ClFN2O3. The van der Waals surface area contributed by atoms with Crippen molar-refractivity contribution in [2.75, 3.05) is 7.05 Å². The maximum absolute atomic E-state index is 13.3. The molecule has 2 aromatic rings. The molecule has 1 saturated carbocycles. The zero-order chi connectivity index (χ0) is 21.0. The SMILES string of the molecule is CCC(=O)N[C@H]1CC[C@@H](N(C)C(=O)Oc2ccc(-c3ccc(F)c(Cl)c3)cc2)C1. The minimum absolute atomic E-state index is 0.0309. The van der Waals surface area contributed by atoms with Gasteiger partial charge in [0.2, 0.25) is 5.91 Å². The van der Waals surface area contributed by atoms with E-state index in [1.165, 1.54) is 6.07 Å². The zero-order valence-corrected chi connectivity index (χ0v) is 17.2. The number of carbonyl (C=O) groups is 2. The normalized spacial score (nSPS) is 18.3. The number of benzene rings is 2. The third-order valence-electron chi connectivity index (χ3n) is 5.24. The van der Waals surface area contributed by atoms with E-state index in [4.69, 9.17) is 16.3 Å². The van der Waals surface area contributed by atoms with E-state index >= 15 is 0 Å². The predicted molar refractivity (Wildman–Crippen MR) is 110 cm³/mol. The molecule has 0 heterocycles. The Morgan fingerprint density at radius 3 is 2.52 bits per heavy atom. The van der Waals surface area contributed by atoms with Gasteiger partial charge in [-0.15, -0.1) is 0 Å². The summed E-state index contributed by atoms with van der Waals surface area (Å²) >= 11 is 5.83. The van der Waals surface area contributed by atoms with Crippen molar-refractivity contribution in [1.29, 1.82) is 0 Å². The lowest BCUT2D eigenvalue weighted by atomic mass is 10.1. The van der Waals surface area contributed by atoms with Crippen molar-refractivity contribution < 1.29 is 18.7 Å². The first kappa shape index (κ1) is 21.1. The van der Waals surface area contributed by atoms with E-state index in [1.807, 2.05) is 6.92 Å². The monoisotopic (exact) mass is 418 g/mol. The Morgan fingerprint density at radius 2 is 1.86 bits per heavy atom. The summed E-state index contributed by atoms with van der Waals surface area (Å²) in [7, 11) is 1.71. The van der Waals surface area contributed by atoms with Gasteiger partial charge in [-0.05, 0) is 54.7 Å². The number of hydrogen-bond donors (Lipinski definition) is 1. The topological polar surface area (TPSA) is 58.6 Å². The first-order valence-electron chi connectivity index (χ1n) is 9.67. The maximum atomic E-state index is 13.3. The Kier molecular flexibility index (Phi) is 6.75. The number of rotatable bonds is 5. The molecule has 1 fully saturated rings. The van der Waals surface area contributed by atoms with Crippen molar-refractivity contribution in [2.45, 2.75) is 44.7 Å². The fraction of sp³-hybridized carbons (Fsp3) is 0.364. The van der Waals surface area contributed by atoms with Crippen LogP contribution in [0, 0.1) is 5.82 Å². The van der Waals surface area contributed by atoms with Gasteiger partial charge < -0.3 is 15.0 Å². The molecule has 0 bridgehead atoms. The van der Waals surface area contributed by atoms with Crippen molar-refractivity contribution in [1.82, 2.24) is 10.2 Å². The number of hydrogen-bond acceptors (Lipinski definition) is 3. The zero-order valence-electron chi connectivity index (χ0n) is 16.5. The van der Waals surface area contributed by atoms with Gasteiger partial charge >= 0.3 is 6.09 Å². The Morgan fingerprint density at radius 1 is 1.17 bits per heavy atom. The lowest BCUT2D eigenvalue weighted by molar-refractivity contribution is -0.121. The van der Waals surface area contributed by atoms with Crippen LogP contribution in [0.3, 0.4) is 0 Å². The van der Waals surface area contributed by atoms with Crippen LogP contribution in [0.1, 0.15) is 32.6 Å². The summed E-state index contributed by atoms with van der Waals surface area (Å²) in [5, 5.41) is 3.04. The number of ether oxygens (including phenoxy) is 1. The summed E-state index contributed by atoms with van der Waals surface area (Å²) < 4.78 is 18.8. The molecule has 2 aromatic carbocycles. The third kappa shape index (κ3) is 5.26. The number of amides is 2. The average Bonchev–Trinajstić information content (AvgIpc) is 3.18. The fourth-order valence-electron chi connectivity index (χ4n) is 3.48. The van der Waals surface area contributed by atoms with Crippen molar-refractivity contribution in [3.63, 3.8) is 0 Å². The van der Waals surface area contributed by atoms with E-state index in [0.29, 0.717) is 12.2 Å². The van der Waals surface area contributed by atoms with E-state index in [1.54, 1.807) is 48.3 Å². The highest BCUT2D eigenvalue weighted by molar-refractivity contribution is 6.31. The molecule has 1 aliphatic carbocycles. The van der Waals surface area contributed by atoms with Crippen molar-refractivity contribution in [3.05, 3.63) is 53.3 Å². The minimum atomic E-state index is -0.465. The Hall–Kier alpha value is -2.60. The van der Waals surface area contributed by atoms with E-state index in [0.717, 1.165) is 30.4 Å². The van der Waals surface area contributed by atoms with Crippen LogP contribution in [0.15, 0.2) is 42.5 Å². The van der Waals surface area contributed by atoms with Gasteiger partial charge in [-0.3, -0.25) is 4.79 Å². The molecule has 2 amide bonds. The number of carbonyl (C=O) groups excluding carboxylic acids is 2. The van der Waals surface area contributed by atoms with Crippen molar-refractivity contribution in [3.8, 4) is 16.9 Å². The van der Waals surface area contributed by atoms with E-state index in [-0.39, 0.29) is 23.0 Å². The molecule has 1 aliphatic rings. The third-order valence-corrected chi connectivity index (χ3v) is 5.53. The minimum Gasteiger partial charge on any atom is -0.410 e. The summed E-state index contributed by atoms with van der Waals surface area (Å²) in [4.78, 5) is 25.6. The second-order valence-electron chi connectivity index (χ2n) is 7.22. The van der Waals surface area contributed by atoms with Crippen molar-refractivity contribution in [2.24, 2.45) is 0 Å². The van der Waals surface area contributed by atoms with E-state index in [9.17, 15) is 14.0 Å². The van der Waals surface area contributed by atoms with Gasteiger partial charge in [0.05, 0.1) is 5.02 Å². The highest BCUT2D eigenvalue weighted by Crippen LogP contribution is 2.28. The molecule has 0 saturated heterocycles. The molecule has 29 heavy (non-hydrogen) atoms. The lowest BCUT2D eigenvalue weighted by Gasteiger charge is -2.24. The highest BCUT2D eigenvalue weighted by Gasteiger charge is 2.31. The maximum Gasteiger partial charge on any atom is 0.415 e. The summed E-state index contributed by atoms with van der Waals surface area (Å²) in [5.41, 5.74) is 1.61. The van der Waals surface area contributed by atoms with Gasteiger partial charge in [0.25, 0.3) is 0 Å². The first-order chi connectivity index (χ1) is 13.9. The summed E-state index contributed by atoms with van der Waals surface area (Å²) in [6.07, 6.45) is 2.42. The van der Waals surface area contributed by atoms with Crippen LogP contribution >= 0.6 is 11.6 Å². The summed E-state index contributed by atoms with van der Waals surface area (Å²) in [6.45, 7) is 1.82. The molecule has 5 nitrogen and oxygen atoms in total. The highest BCUT2D eigenvalue weighted by atomic mass is 35.5. The van der Waals surface area contributed by atoms with Gasteiger partial charge in [0, 0.05) is 25.6 Å². The van der Waals surface area contributed by atoms with Crippen LogP contribution in [-0.4, -0.2) is 36.0 Å². The first-order valence-corrected chi connectivity index (χ1v) is 10.0. The average molecular weight is 419 g/mol. The van der Waals surface area contributed by atoms with Crippen LogP contribution in [0.4, 0.5) is 9.18 Å². The number of nitrogens with one attached hydrogen (secondary N) is 1. The molecule has 3 rings (SSSR count). The van der Waals surface area contributed by atoms with E-state index in [2.05, 4.69) is 5.32 Å². The molecule has 0 unspecified atom stereocenters. The van der Waals surface area contributed by atoms with Gasteiger partial charge in [0.15, 0.2) is 0 Å². The second-order valence-corrected chi connectivity index (χ2v) is 7.62. The van der Waals surface area contributed by atoms with Crippen LogP contribution in [0.5, 0.6) is 5.75 Å². The molecular weight excluding hydrogens is 395 g/mol. The Balaban J connectivity index is 1.57. The fourth-order valence-corrected chi connectivity index (χ4v) is 3.66. The molecule has 2 atom stereocenters. The molecule has 0 aliphatic heterocycles. The van der Waals surface area contributed by atoms with Gasteiger partial charge in [-0.25, -0.2) is 9.18 Å². The summed E-state index contributed by atoms with van der Waals surface area (Å²) in [6, 6.07) is 11.6. The molecule has 0 aromatic heterocycles. The molecule has 1 N–H and O–H groups in total.